The lowest BCUT2D eigenvalue weighted by Crippen LogP contribution is -2.03. The number of hydrogen-bond acceptors (Lipinski definition) is 1. The van der Waals surface area contributed by atoms with E-state index in [9.17, 15) is 4.79 Å². The predicted molar refractivity (Wildman–Crippen MR) is 54.6 cm³/mol. The molecule has 0 aliphatic heterocycles. The van der Waals surface area contributed by atoms with Crippen molar-refractivity contribution in [3.63, 3.8) is 0 Å². The first-order valence-electron chi connectivity index (χ1n) is 4.89. The minimum Gasteiger partial charge on any atom is -0.478 e. The second kappa shape index (κ2) is 5.79. The number of carboxylic acids is 1. The quantitative estimate of drug-likeness (QED) is 0.667. The van der Waals surface area contributed by atoms with Crippen LogP contribution in [0.15, 0.2) is 11.6 Å². The molecule has 0 saturated carbocycles. The highest BCUT2D eigenvalue weighted by Gasteiger charge is 2.07. The smallest absolute Gasteiger partial charge is 0.330 e. The predicted octanol–water partition coefficient (Wildman–Crippen LogP) is 3.09. The molecule has 2 atom stereocenters. The van der Waals surface area contributed by atoms with Crippen LogP contribution in [0.2, 0.25) is 0 Å². The van der Waals surface area contributed by atoms with Crippen LogP contribution in [0.4, 0.5) is 0 Å². The first-order valence-corrected chi connectivity index (χ1v) is 4.89. The van der Waals surface area contributed by atoms with Gasteiger partial charge in [-0.15, -0.1) is 0 Å². The van der Waals surface area contributed by atoms with E-state index in [1.807, 2.05) is 6.08 Å². The Balaban J connectivity index is 4.06. The highest BCUT2D eigenvalue weighted by molar-refractivity contribution is 5.85. The highest BCUT2D eigenvalue weighted by atomic mass is 16.4. The molecule has 0 spiro atoms. The fraction of sp³-hybridized carbons (Fsp3) is 0.727. The Labute approximate surface area is 80.7 Å². The van der Waals surface area contributed by atoms with Gasteiger partial charge in [0.25, 0.3) is 0 Å². The summed E-state index contributed by atoms with van der Waals surface area (Å²) in [6.45, 7) is 8.07. The molecule has 0 radical (unpaired) electrons. The van der Waals surface area contributed by atoms with Gasteiger partial charge in [-0.1, -0.05) is 33.3 Å². The van der Waals surface area contributed by atoms with Gasteiger partial charge in [0.05, 0.1) is 0 Å². The summed E-state index contributed by atoms with van der Waals surface area (Å²) >= 11 is 0. The Morgan fingerprint density at radius 2 is 2.00 bits per heavy atom. The first kappa shape index (κ1) is 12.2. The molecule has 0 aliphatic rings. The summed E-state index contributed by atoms with van der Waals surface area (Å²) < 4.78 is 0. The fourth-order valence-electron chi connectivity index (χ4n) is 1.37. The lowest BCUT2D eigenvalue weighted by atomic mass is 9.94. The SMILES string of the molecule is CC[C@H](C)C[C@H](C)/C=C(\C)C(=O)O. The van der Waals surface area contributed by atoms with Gasteiger partial charge in [-0.2, -0.15) is 0 Å². The highest BCUT2D eigenvalue weighted by Crippen LogP contribution is 2.16. The summed E-state index contributed by atoms with van der Waals surface area (Å²) in [5, 5.41) is 8.65. The number of carboxylic acid groups (broad SMARTS) is 1. The maximum absolute atomic E-state index is 10.5. The normalized spacial score (nSPS) is 16.8. The lowest BCUT2D eigenvalue weighted by Gasteiger charge is -2.12. The van der Waals surface area contributed by atoms with Crippen LogP contribution in [0.3, 0.4) is 0 Å². The summed E-state index contributed by atoms with van der Waals surface area (Å²) in [4.78, 5) is 10.5. The van der Waals surface area contributed by atoms with Crippen molar-refractivity contribution >= 4 is 5.97 Å². The monoisotopic (exact) mass is 184 g/mol. The molecule has 0 aromatic rings. The lowest BCUT2D eigenvalue weighted by molar-refractivity contribution is -0.132. The Kier molecular flexibility index (Phi) is 5.44. The van der Waals surface area contributed by atoms with E-state index in [0.717, 1.165) is 12.8 Å². The Morgan fingerprint density at radius 3 is 2.38 bits per heavy atom. The van der Waals surface area contributed by atoms with Crippen molar-refractivity contribution in [1.29, 1.82) is 0 Å². The van der Waals surface area contributed by atoms with Crippen LogP contribution in [0.1, 0.15) is 40.5 Å². The van der Waals surface area contributed by atoms with Gasteiger partial charge in [-0.05, 0) is 25.2 Å². The van der Waals surface area contributed by atoms with Gasteiger partial charge in [0, 0.05) is 5.57 Å². The molecule has 0 amide bonds. The summed E-state index contributed by atoms with van der Waals surface area (Å²) in [6.07, 6.45) is 4.07. The minimum atomic E-state index is -0.809. The van der Waals surface area contributed by atoms with Gasteiger partial charge in [0.1, 0.15) is 0 Å². The third kappa shape index (κ3) is 5.45. The van der Waals surface area contributed by atoms with Crippen molar-refractivity contribution in [1.82, 2.24) is 0 Å². The molecule has 2 nitrogen and oxygen atoms in total. The van der Waals surface area contributed by atoms with E-state index in [4.69, 9.17) is 5.11 Å². The van der Waals surface area contributed by atoms with Crippen molar-refractivity contribution in [2.75, 3.05) is 0 Å². The van der Waals surface area contributed by atoms with Crippen LogP contribution in [0, 0.1) is 11.8 Å². The van der Waals surface area contributed by atoms with Crippen LogP contribution in [0.5, 0.6) is 0 Å². The largest absolute Gasteiger partial charge is 0.478 e. The summed E-state index contributed by atoms with van der Waals surface area (Å²) in [5.41, 5.74) is 0.454. The zero-order valence-electron chi connectivity index (χ0n) is 9.00. The second-order valence-corrected chi connectivity index (χ2v) is 3.88. The van der Waals surface area contributed by atoms with E-state index in [2.05, 4.69) is 20.8 Å². The van der Waals surface area contributed by atoms with Gasteiger partial charge < -0.3 is 5.11 Å². The van der Waals surface area contributed by atoms with Crippen molar-refractivity contribution in [2.24, 2.45) is 11.8 Å². The molecule has 0 fully saturated rings. The molecule has 1 N–H and O–H groups in total. The molecule has 0 aromatic carbocycles. The molecule has 0 rings (SSSR count). The number of hydrogen-bond donors (Lipinski definition) is 1. The number of rotatable bonds is 5. The Hall–Kier alpha value is -0.790. The third-order valence-electron chi connectivity index (χ3n) is 2.34. The van der Waals surface area contributed by atoms with Crippen LogP contribution < -0.4 is 0 Å². The van der Waals surface area contributed by atoms with Crippen molar-refractivity contribution < 1.29 is 9.90 Å². The molecule has 2 heteroatoms. The third-order valence-corrected chi connectivity index (χ3v) is 2.34. The van der Waals surface area contributed by atoms with E-state index < -0.39 is 5.97 Å². The van der Waals surface area contributed by atoms with Gasteiger partial charge in [-0.3, -0.25) is 0 Å². The molecule has 0 bridgehead atoms. The molecule has 76 valence electrons. The van der Waals surface area contributed by atoms with E-state index >= 15 is 0 Å². The molecular weight excluding hydrogens is 164 g/mol. The van der Waals surface area contributed by atoms with Crippen LogP contribution in [0.25, 0.3) is 0 Å². The Bertz CT molecular complexity index is 194. The maximum atomic E-state index is 10.5. The molecule has 0 unspecified atom stereocenters. The molecule has 0 saturated heterocycles. The van der Waals surface area contributed by atoms with Crippen LogP contribution in [-0.4, -0.2) is 11.1 Å². The molecule has 0 aromatic heterocycles. The Morgan fingerprint density at radius 1 is 1.46 bits per heavy atom. The number of aliphatic carboxylic acids is 1. The number of carbonyl (C=O) groups is 1. The number of allylic oxidation sites excluding steroid dienone is 1. The van der Waals surface area contributed by atoms with Gasteiger partial charge in [0.2, 0.25) is 0 Å². The molecule has 13 heavy (non-hydrogen) atoms. The summed E-state index contributed by atoms with van der Waals surface area (Å²) in [7, 11) is 0. The van der Waals surface area contributed by atoms with Gasteiger partial charge in [0.15, 0.2) is 0 Å². The van der Waals surface area contributed by atoms with Crippen molar-refractivity contribution in [3.8, 4) is 0 Å². The maximum Gasteiger partial charge on any atom is 0.330 e. The average Bonchev–Trinajstić information content (AvgIpc) is 2.03. The summed E-state index contributed by atoms with van der Waals surface area (Å²) in [6, 6.07) is 0. The topological polar surface area (TPSA) is 37.3 Å². The van der Waals surface area contributed by atoms with Gasteiger partial charge >= 0.3 is 5.97 Å². The average molecular weight is 184 g/mol. The summed E-state index contributed by atoms with van der Waals surface area (Å²) in [5.74, 6) is 0.231. The van der Waals surface area contributed by atoms with E-state index in [1.165, 1.54) is 0 Å². The second-order valence-electron chi connectivity index (χ2n) is 3.88. The first-order chi connectivity index (χ1) is 5.97. The molecule has 0 aliphatic carbocycles. The molecular formula is C11H20O2. The van der Waals surface area contributed by atoms with E-state index in [-0.39, 0.29) is 0 Å². The van der Waals surface area contributed by atoms with Gasteiger partial charge in [-0.25, -0.2) is 4.79 Å². The van der Waals surface area contributed by atoms with E-state index in [0.29, 0.717) is 17.4 Å². The van der Waals surface area contributed by atoms with E-state index in [1.54, 1.807) is 6.92 Å². The van der Waals surface area contributed by atoms with Crippen LogP contribution in [-0.2, 0) is 4.79 Å². The fourth-order valence-corrected chi connectivity index (χ4v) is 1.37. The molecule has 0 heterocycles. The van der Waals surface area contributed by atoms with Crippen molar-refractivity contribution in [2.45, 2.75) is 40.5 Å². The van der Waals surface area contributed by atoms with Crippen LogP contribution >= 0.6 is 0 Å². The zero-order chi connectivity index (χ0) is 10.4. The zero-order valence-corrected chi connectivity index (χ0v) is 9.00. The standard InChI is InChI=1S/C11H20O2/c1-5-8(2)6-9(3)7-10(4)11(12)13/h7-9H,5-6H2,1-4H3,(H,12,13)/b10-7+/t8-,9-/m0/s1. The minimum absolute atomic E-state index is 0.367. The van der Waals surface area contributed by atoms with Crippen molar-refractivity contribution in [3.05, 3.63) is 11.6 Å².